The summed E-state index contributed by atoms with van der Waals surface area (Å²) in [5, 5.41) is 14.4. The van der Waals surface area contributed by atoms with Gasteiger partial charge in [0.05, 0.1) is 6.42 Å². The van der Waals surface area contributed by atoms with Crippen LogP contribution in [0.25, 0.3) is 0 Å². The second-order valence-electron chi connectivity index (χ2n) is 5.73. The maximum atomic E-state index is 12.0. The number of carbonyl (C=O) groups is 3. The van der Waals surface area contributed by atoms with Gasteiger partial charge < -0.3 is 15.7 Å². The van der Waals surface area contributed by atoms with Gasteiger partial charge in [-0.15, -0.1) is 0 Å². The molecular weight excluding hydrogens is 296 g/mol. The lowest BCUT2D eigenvalue weighted by Gasteiger charge is -2.15. The second kappa shape index (κ2) is 9.61. The Morgan fingerprint density at radius 3 is 2.26 bits per heavy atom. The lowest BCUT2D eigenvalue weighted by Crippen LogP contribution is -2.34. The molecule has 0 aliphatic heterocycles. The molecule has 6 nitrogen and oxygen atoms in total. The van der Waals surface area contributed by atoms with Gasteiger partial charge in [-0.3, -0.25) is 14.4 Å². The highest BCUT2D eigenvalue weighted by atomic mass is 16.4. The average Bonchev–Trinajstić information content (AvgIpc) is 2.46. The summed E-state index contributed by atoms with van der Waals surface area (Å²) in [6.07, 6.45) is 0.187. The van der Waals surface area contributed by atoms with Crippen molar-refractivity contribution in [1.82, 2.24) is 10.6 Å². The van der Waals surface area contributed by atoms with Crippen molar-refractivity contribution in [2.24, 2.45) is 0 Å². The molecule has 1 aromatic rings. The van der Waals surface area contributed by atoms with Crippen LogP contribution in [-0.2, 0) is 14.4 Å². The molecule has 0 saturated heterocycles. The van der Waals surface area contributed by atoms with Crippen LogP contribution in [0.15, 0.2) is 30.3 Å². The second-order valence-corrected chi connectivity index (χ2v) is 5.73. The molecule has 0 radical (unpaired) electrons. The van der Waals surface area contributed by atoms with Crippen LogP contribution < -0.4 is 10.6 Å². The average molecular weight is 320 g/mol. The monoisotopic (exact) mass is 320 g/mol. The van der Waals surface area contributed by atoms with Crippen molar-refractivity contribution in [2.75, 3.05) is 6.54 Å². The summed E-state index contributed by atoms with van der Waals surface area (Å²) in [5.41, 5.74) is 0.822. The molecule has 23 heavy (non-hydrogen) atoms. The van der Waals surface area contributed by atoms with Crippen LogP contribution in [0.4, 0.5) is 0 Å². The minimum absolute atomic E-state index is 0.0660. The molecule has 0 fully saturated rings. The Balaban J connectivity index is 2.48. The molecule has 0 saturated carbocycles. The number of hydrogen-bond donors (Lipinski definition) is 3. The summed E-state index contributed by atoms with van der Waals surface area (Å²) < 4.78 is 0. The first kappa shape index (κ1) is 18.7. The molecule has 3 N–H and O–H groups in total. The minimum Gasteiger partial charge on any atom is -0.481 e. The number of nitrogens with one attached hydrogen (secondary N) is 2. The van der Waals surface area contributed by atoms with Crippen LogP contribution in [0.2, 0.25) is 0 Å². The van der Waals surface area contributed by atoms with Gasteiger partial charge in [0.2, 0.25) is 11.8 Å². The number of aliphatic carboxylic acids is 1. The normalized spacial score (nSPS) is 11.8. The molecule has 2 amide bonds. The molecular formula is C17H24N2O4. The van der Waals surface area contributed by atoms with Gasteiger partial charge in [0, 0.05) is 31.3 Å². The Kier molecular flexibility index (Phi) is 7.80. The first-order valence-electron chi connectivity index (χ1n) is 7.71. The standard InChI is InChI=1S/C17H24N2O4/c1-12(2)19-15(20)8-9-18-16(21)10-14(11-17(22)23)13-6-4-3-5-7-13/h3-7,12,14H,8-11H2,1-2H3,(H,18,21)(H,19,20)(H,22,23). The molecule has 1 aromatic carbocycles. The highest BCUT2D eigenvalue weighted by molar-refractivity contribution is 5.80. The van der Waals surface area contributed by atoms with E-state index >= 15 is 0 Å². The maximum absolute atomic E-state index is 12.0. The number of carboxylic acid groups (broad SMARTS) is 1. The fourth-order valence-corrected chi connectivity index (χ4v) is 2.25. The van der Waals surface area contributed by atoms with Crippen LogP contribution in [0, 0.1) is 0 Å². The molecule has 0 aliphatic rings. The Hall–Kier alpha value is -2.37. The Morgan fingerprint density at radius 1 is 1.04 bits per heavy atom. The SMILES string of the molecule is CC(C)NC(=O)CCNC(=O)CC(CC(=O)O)c1ccccc1. The van der Waals surface area contributed by atoms with Gasteiger partial charge in [-0.25, -0.2) is 0 Å². The third kappa shape index (κ3) is 7.99. The van der Waals surface area contributed by atoms with E-state index in [4.69, 9.17) is 5.11 Å². The maximum Gasteiger partial charge on any atom is 0.303 e. The van der Waals surface area contributed by atoms with Gasteiger partial charge in [0.25, 0.3) is 0 Å². The smallest absolute Gasteiger partial charge is 0.303 e. The van der Waals surface area contributed by atoms with E-state index in [1.165, 1.54) is 0 Å². The Morgan fingerprint density at radius 2 is 1.70 bits per heavy atom. The van der Waals surface area contributed by atoms with E-state index in [1.54, 1.807) is 0 Å². The molecule has 6 heteroatoms. The van der Waals surface area contributed by atoms with Crippen LogP contribution in [0.1, 0.15) is 44.6 Å². The van der Waals surface area contributed by atoms with E-state index in [-0.39, 0.29) is 49.6 Å². The van der Waals surface area contributed by atoms with Gasteiger partial charge in [-0.1, -0.05) is 30.3 Å². The van der Waals surface area contributed by atoms with Gasteiger partial charge >= 0.3 is 5.97 Å². The Bertz CT molecular complexity index is 529. The number of amides is 2. The molecule has 0 aliphatic carbocycles. The van der Waals surface area contributed by atoms with Crippen molar-refractivity contribution in [3.63, 3.8) is 0 Å². The zero-order valence-corrected chi connectivity index (χ0v) is 13.5. The lowest BCUT2D eigenvalue weighted by molar-refractivity contribution is -0.137. The summed E-state index contributed by atoms with van der Waals surface area (Å²) in [6.45, 7) is 3.98. The third-order valence-electron chi connectivity index (χ3n) is 3.25. The summed E-state index contributed by atoms with van der Waals surface area (Å²) in [4.78, 5) is 34.4. The first-order chi connectivity index (χ1) is 10.9. The molecule has 1 rings (SSSR count). The number of carboxylic acids is 1. The number of rotatable bonds is 9. The summed E-state index contributed by atoms with van der Waals surface area (Å²) >= 11 is 0. The van der Waals surface area contributed by atoms with Crippen molar-refractivity contribution >= 4 is 17.8 Å². The van der Waals surface area contributed by atoms with Crippen molar-refractivity contribution in [3.8, 4) is 0 Å². The number of carbonyl (C=O) groups excluding carboxylic acids is 2. The molecule has 0 aromatic heterocycles. The number of hydrogen-bond acceptors (Lipinski definition) is 3. The highest BCUT2D eigenvalue weighted by Gasteiger charge is 2.19. The zero-order chi connectivity index (χ0) is 17.2. The van der Waals surface area contributed by atoms with Crippen molar-refractivity contribution < 1.29 is 19.5 Å². The fraction of sp³-hybridized carbons (Fsp3) is 0.471. The molecule has 0 heterocycles. The quantitative estimate of drug-likeness (QED) is 0.645. The van der Waals surface area contributed by atoms with E-state index in [9.17, 15) is 14.4 Å². The molecule has 0 bridgehead atoms. The predicted octanol–water partition coefficient (Wildman–Crippen LogP) is 1.67. The molecule has 0 spiro atoms. The largest absolute Gasteiger partial charge is 0.481 e. The molecule has 1 atom stereocenters. The van der Waals surface area contributed by atoms with Crippen LogP contribution in [0.5, 0.6) is 0 Å². The lowest BCUT2D eigenvalue weighted by atomic mass is 9.92. The summed E-state index contributed by atoms with van der Waals surface area (Å²) in [5.74, 6) is -1.69. The van der Waals surface area contributed by atoms with E-state index in [2.05, 4.69) is 10.6 Å². The van der Waals surface area contributed by atoms with Gasteiger partial charge in [-0.2, -0.15) is 0 Å². The van der Waals surface area contributed by atoms with Crippen molar-refractivity contribution in [1.29, 1.82) is 0 Å². The Labute approximate surface area is 136 Å². The van der Waals surface area contributed by atoms with Crippen LogP contribution in [-0.4, -0.2) is 35.5 Å². The van der Waals surface area contributed by atoms with E-state index < -0.39 is 5.97 Å². The first-order valence-corrected chi connectivity index (χ1v) is 7.71. The summed E-state index contributed by atoms with van der Waals surface area (Å²) in [6, 6.07) is 9.18. The van der Waals surface area contributed by atoms with Crippen LogP contribution >= 0.6 is 0 Å². The third-order valence-corrected chi connectivity index (χ3v) is 3.25. The molecule has 126 valence electrons. The van der Waals surface area contributed by atoms with Gasteiger partial charge in [0.1, 0.15) is 0 Å². The number of benzene rings is 1. The zero-order valence-electron chi connectivity index (χ0n) is 13.5. The van der Waals surface area contributed by atoms with Crippen molar-refractivity contribution in [3.05, 3.63) is 35.9 Å². The van der Waals surface area contributed by atoms with Crippen molar-refractivity contribution in [2.45, 2.75) is 45.1 Å². The minimum atomic E-state index is -0.942. The van der Waals surface area contributed by atoms with E-state index in [1.807, 2.05) is 44.2 Å². The van der Waals surface area contributed by atoms with Gasteiger partial charge in [0.15, 0.2) is 0 Å². The predicted molar refractivity (Wildman–Crippen MR) is 87.0 cm³/mol. The fourth-order valence-electron chi connectivity index (χ4n) is 2.25. The molecule has 1 unspecified atom stereocenters. The van der Waals surface area contributed by atoms with E-state index in [0.717, 1.165) is 5.56 Å². The van der Waals surface area contributed by atoms with E-state index in [0.29, 0.717) is 0 Å². The topological polar surface area (TPSA) is 95.5 Å². The highest BCUT2D eigenvalue weighted by Crippen LogP contribution is 2.23. The summed E-state index contributed by atoms with van der Waals surface area (Å²) in [7, 11) is 0. The van der Waals surface area contributed by atoms with Crippen LogP contribution in [0.3, 0.4) is 0 Å². The van der Waals surface area contributed by atoms with Gasteiger partial charge in [-0.05, 0) is 19.4 Å².